The number of likely N-dealkylation sites (tertiary alicyclic amines) is 1. The number of nitrogens with one attached hydrogen (secondary N) is 1. The van der Waals surface area contributed by atoms with Gasteiger partial charge in [-0.25, -0.2) is 0 Å². The van der Waals surface area contributed by atoms with Crippen LogP contribution in [0.3, 0.4) is 0 Å². The molecular weight excluding hydrogens is 252 g/mol. The average molecular weight is 279 g/mol. The van der Waals surface area contributed by atoms with E-state index in [1.165, 1.54) is 24.2 Å². The summed E-state index contributed by atoms with van der Waals surface area (Å²) in [5, 5.41) is 10.2. The third kappa shape index (κ3) is 4.12. The number of hydrogen-bond donors (Lipinski definition) is 3. The summed E-state index contributed by atoms with van der Waals surface area (Å²) in [5.74, 6) is 0.757. The third-order valence-electron chi connectivity index (χ3n) is 4.33. The molecule has 0 aliphatic carbocycles. The second-order valence-corrected chi connectivity index (χ2v) is 6.05. The van der Waals surface area contributed by atoms with Crippen molar-refractivity contribution >= 4 is 5.69 Å². The van der Waals surface area contributed by atoms with Crippen LogP contribution in [0.5, 0.6) is 5.75 Å². The highest BCUT2D eigenvalue weighted by Crippen LogP contribution is 2.13. The minimum Gasteiger partial charge on any atom is -0.491 e. The van der Waals surface area contributed by atoms with Gasteiger partial charge in [-0.2, -0.15) is 0 Å². The Balaban J connectivity index is 1.79. The van der Waals surface area contributed by atoms with Gasteiger partial charge in [-0.3, -0.25) is 0 Å². The number of piperidine rings is 1. The lowest BCUT2D eigenvalue weighted by Gasteiger charge is -2.36. The number of aliphatic hydroxyl groups excluding tert-OH is 1. The number of hydrogen-bond acceptors (Lipinski definition) is 3. The van der Waals surface area contributed by atoms with E-state index >= 15 is 0 Å². The third-order valence-corrected chi connectivity index (χ3v) is 4.33. The normalized spacial score (nSPS) is 28.1. The Morgan fingerprint density at radius 1 is 1.25 bits per heavy atom. The quantitative estimate of drug-likeness (QED) is 0.701. The Morgan fingerprint density at radius 3 is 2.45 bits per heavy atom. The second-order valence-electron chi connectivity index (χ2n) is 6.05. The predicted octanol–water partition coefficient (Wildman–Crippen LogP) is 0.854. The zero-order valence-electron chi connectivity index (χ0n) is 12.5. The molecule has 1 saturated heterocycles. The maximum Gasteiger partial charge on any atom is 0.137 e. The van der Waals surface area contributed by atoms with Crippen LogP contribution in [-0.2, 0) is 0 Å². The van der Waals surface area contributed by atoms with E-state index in [9.17, 15) is 5.11 Å². The average Bonchev–Trinajstić information content (AvgIpc) is 2.42. The summed E-state index contributed by atoms with van der Waals surface area (Å²) >= 11 is 0. The maximum absolute atomic E-state index is 10.2. The molecule has 0 aromatic heterocycles. The molecule has 112 valence electrons. The standard InChI is InChI=1S/C16H26N2O2/c1-12-4-3-5-13(2)18(12)10-15(19)11-20-16-8-6-14(17)7-9-16/h6-9,12-13,15,19H,3-5,10-11,17H2,1-2H3/p+1/t12-,13+,15-/m0/s1. The van der Waals surface area contributed by atoms with Gasteiger partial charge in [-0.15, -0.1) is 0 Å². The van der Waals surface area contributed by atoms with Gasteiger partial charge in [0.25, 0.3) is 0 Å². The van der Waals surface area contributed by atoms with Gasteiger partial charge < -0.3 is 20.5 Å². The largest absolute Gasteiger partial charge is 0.491 e. The number of anilines is 1. The molecule has 2 rings (SSSR count). The Labute approximate surface area is 121 Å². The van der Waals surface area contributed by atoms with Gasteiger partial charge in [0.2, 0.25) is 0 Å². The Hall–Kier alpha value is -1.26. The van der Waals surface area contributed by atoms with Gasteiger partial charge >= 0.3 is 0 Å². The van der Waals surface area contributed by atoms with Crippen LogP contribution >= 0.6 is 0 Å². The summed E-state index contributed by atoms with van der Waals surface area (Å²) in [6.45, 7) is 5.65. The molecule has 4 N–H and O–H groups in total. The van der Waals surface area contributed by atoms with Crippen molar-refractivity contribution in [2.45, 2.75) is 51.3 Å². The van der Waals surface area contributed by atoms with Crippen LogP contribution in [0.4, 0.5) is 5.69 Å². The van der Waals surface area contributed by atoms with E-state index in [2.05, 4.69) is 13.8 Å². The number of aliphatic hydroxyl groups is 1. The predicted molar refractivity (Wildman–Crippen MR) is 81.0 cm³/mol. The lowest BCUT2D eigenvalue weighted by molar-refractivity contribution is -0.954. The van der Waals surface area contributed by atoms with Crippen LogP contribution in [0.25, 0.3) is 0 Å². The summed E-state index contributed by atoms with van der Waals surface area (Å²) in [4.78, 5) is 1.50. The lowest BCUT2D eigenvalue weighted by atomic mass is 9.97. The van der Waals surface area contributed by atoms with E-state index in [-0.39, 0.29) is 0 Å². The minimum absolute atomic E-state index is 0.340. The molecule has 0 bridgehead atoms. The van der Waals surface area contributed by atoms with Gasteiger partial charge in [-0.1, -0.05) is 0 Å². The lowest BCUT2D eigenvalue weighted by Crippen LogP contribution is -3.20. The van der Waals surface area contributed by atoms with Crippen LogP contribution in [-0.4, -0.2) is 36.4 Å². The van der Waals surface area contributed by atoms with Gasteiger partial charge in [0.15, 0.2) is 0 Å². The summed E-state index contributed by atoms with van der Waals surface area (Å²) in [6.07, 6.45) is 3.39. The monoisotopic (exact) mass is 279 g/mol. The molecule has 1 aromatic rings. The van der Waals surface area contributed by atoms with Crippen molar-refractivity contribution in [2.75, 3.05) is 18.9 Å². The van der Waals surface area contributed by atoms with Gasteiger partial charge in [0, 0.05) is 5.69 Å². The molecule has 1 aliphatic rings. The number of nitrogen functional groups attached to an aromatic ring is 1. The molecular formula is C16H27N2O2+. The van der Waals surface area contributed by atoms with E-state index in [0.29, 0.717) is 18.7 Å². The fourth-order valence-electron chi connectivity index (χ4n) is 3.08. The molecule has 4 atom stereocenters. The first kappa shape index (κ1) is 15.1. The first-order valence-electron chi connectivity index (χ1n) is 7.58. The molecule has 4 nitrogen and oxygen atoms in total. The molecule has 20 heavy (non-hydrogen) atoms. The molecule has 0 spiro atoms. The first-order valence-corrected chi connectivity index (χ1v) is 7.58. The van der Waals surface area contributed by atoms with Crippen molar-refractivity contribution in [3.8, 4) is 5.75 Å². The molecule has 1 aliphatic heterocycles. The molecule has 0 saturated carbocycles. The molecule has 1 fully saturated rings. The summed E-state index contributed by atoms with van der Waals surface area (Å²) < 4.78 is 5.62. The fraction of sp³-hybridized carbons (Fsp3) is 0.625. The van der Waals surface area contributed by atoms with Gasteiger partial charge in [-0.05, 0) is 57.4 Å². The molecule has 1 unspecified atom stereocenters. The number of rotatable bonds is 5. The number of benzene rings is 1. The zero-order chi connectivity index (χ0) is 14.5. The summed E-state index contributed by atoms with van der Waals surface area (Å²) in [5.41, 5.74) is 6.35. The van der Waals surface area contributed by atoms with E-state index in [1.807, 2.05) is 24.3 Å². The molecule has 4 heteroatoms. The number of ether oxygens (including phenoxy) is 1. The van der Waals surface area contributed by atoms with Gasteiger partial charge in [0.1, 0.15) is 25.0 Å². The second kappa shape index (κ2) is 6.95. The highest BCUT2D eigenvalue weighted by molar-refractivity contribution is 5.41. The van der Waals surface area contributed by atoms with Crippen LogP contribution in [0.2, 0.25) is 0 Å². The molecule has 1 heterocycles. The highest BCUT2D eigenvalue weighted by Gasteiger charge is 2.30. The van der Waals surface area contributed by atoms with Crippen molar-refractivity contribution in [3.63, 3.8) is 0 Å². The van der Waals surface area contributed by atoms with Gasteiger partial charge in [0.05, 0.1) is 12.1 Å². The molecule has 1 aromatic carbocycles. The summed E-state index contributed by atoms with van der Waals surface area (Å²) in [7, 11) is 0. The maximum atomic E-state index is 10.2. The van der Waals surface area contributed by atoms with Crippen molar-refractivity contribution in [1.29, 1.82) is 0 Å². The highest BCUT2D eigenvalue weighted by atomic mass is 16.5. The number of nitrogens with two attached hydrogens (primary N) is 1. The minimum atomic E-state index is -0.425. The van der Waals surface area contributed by atoms with Crippen LogP contribution in [0.1, 0.15) is 33.1 Å². The van der Waals surface area contributed by atoms with Crippen LogP contribution in [0.15, 0.2) is 24.3 Å². The van der Waals surface area contributed by atoms with Crippen molar-refractivity contribution in [2.24, 2.45) is 0 Å². The van der Waals surface area contributed by atoms with E-state index in [4.69, 9.17) is 10.5 Å². The Bertz CT molecular complexity index is 397. The van der Waals surface area contributed by atoms with E-state index in [1.54, 1.807) is 0 Å². The van der Waals surface area contributed by atoms with Crippen LogP contribution < -0.4 is 15.4 Å². The first-order chi connectivity index (χ1) is 9.56. The topological polar surface area (TPSA) is 59.9 Å². The Morgan fingerprint density at radius 2 is 1.85 bits per heavy atom. The van der Waals surface area contributed by atoms with E-state index < -0.39 is 6.10 Å². The molecule has 0 radical (unpaired) electrons. The SMILES string of the molecule is C[C@@H]1CCC[C@H](C)[NH+]1C[C@H](O)COc1ccc(N)cc1. The molecule has 0 amide bonds. The van der Waals surface area contributed by atoms with Crippen molar-refractivity contribution in [3.05, 3.63) is 24.3 Å². The fourth-order valence-corrected chi connectivity index (χ4v) is 3.08. The van der Waals surface area contributed by atoms with E-state index in [0.717, 1.165) is 18.0 Å². The zero-order valence-corrected chi connectivity index (χ0v) is 12.5. The van der Waals surface area contributed by atoms with Crippen LogP contribution in [0, 0.1) is 0 Å². The summed E-state index contributed by atoms with van der Waals surface area (Å²) in [6, 6.07) is 8.54. The van der Waals surface area contributed by atoms with Crippen molar-refractivity contribution < 1.29 is 14.7 Å². The van der Waals surface area contributed by atoms with Crippen molar-refractivity contribution in [1.82, 2.24) is 0 Å². The number of quaternary nitrogens is 1. The Kier molecular flexibility index (Phi) is 5.26. The smallest absolute Gasteiger partial charge is 0.137 e.